The number of ether oxygens (including phenoxy) is 1. The molecule has 4 rings (SSSR count). The summed E-state index contributed by atoms with van der Waals surface area (Å²) in [4.78, 5) is 49.6. The molecule has 0 unspecified atom stereocenters. The second-order valence-corrected chi connectivity index (χ2v) is 7.13. The van der Waals surface area contributed by atoms with E-state index < -0.39 is 35.9 Å². The third kappa shape index (κ3) is 2.76. The number of carbonyl (C=O) groups excluding carboxylic acids is 2. The van der Waals surface area contributed by atoms with Gasteiger partial charge in [0.05, 0.1) is 18.1 Å². The number of aromatic nitrogens is 1. The minimum atomic E-state index is -1.48. The Balaban J connectivity index is 1.82. The summed E-state index contributed by atoms with van der Waals surface area (Å²) in [6.45, 7) is 4.97. The van der Waals surface area contributed by atoms with Crippen LogP contribution >= 0.6 is 0 Å². The van der Waals surface area contributed by atoms with Gasteiger partial charge in [-0.15, -0.1) is 0 Å². The number of hydrogen-bond donors (Lipinski definition) is 2. The summed E-state index contributed by atoms with van der Waals surface area (Å²) >= 11 is 0. The molecule has 1 amide bonds. The van der Waals surface area contributed by atoms with Crippen molar-refractivity contribution in [2.24, 2.45) is 5.92 Å². The van der Waals surface area contributed by atoms with Crippen molar-refractivity contribution in [3.8, 4) is 0 Å². The number of fused-ring (bicyclic) bond motifs is 2. The summed E-state index contributed by atoms with van der Waals surface area (Å²) in [6.07, 6.45) is -0.672. The lowest BCUT2D eigenvalue weighted by Crippen LogP contribution is -2.61. The van der Waals surface area contributed by atoms with Crippen LogP contribution in [0.4, 0.5) is 4.79 Å². The van der Waals surface area contributed by atoms with Gasteiger partial charge in [0, 0.05) is 0 Å². The zero-order valence-corrected chi connectivity index (χ0v) is 15.9. The fourth-order valence-corrected chi connectivity index (χ4v) is 4.11. The highest BCUT2D eigenvalue weighted by molar-refractivity contribution is 6.07. The summed E-state index contributed by atoms with van der Waals surface area (Å²) in [5, 5.41) is 19.1. The first-order valence-corrected chi connectivity index (χ1v) is 9.17. The lowest BCUT2D eigenvalue weighted by atomic mass is 9.82. The molecule has 2 aromatic rings. The Labute approximate surface area is 169 Å². The lowest BCUT2D eigenvalue weighted by Gasteiger charge is -2.44. The molecule has 2 aliphatic heterocycles. The zero-order chi connectivity index (χ0) is 21.7. The van der Waals surface area contributed by atoms with Gasteiger partial charge in [0.2, 0.25) is 5.91 Å². The number of amides is 1. The first-order chi connectivity index (χ1) is 14.3. The number of aliphatic hydroxyl groups excluding tert-OH is 1. The number of carbonyl (C=O) groups is 3. The number of rotatable bonds is 5. The van der Waals surface area contributed by atoms with Crippen LogP contribution < -0.4 is 5.76 Å². The summed E-state index contributed by atoms with van der Waals surface area (Å²) in [5.74, 6) is -2.78. The van der Waals surface area contributed by atoms with Crippen molar-refractivity contribution in [3.05, 3.63) is 52.7 Å². The van der Waals surface area contributed by atoms with Gasteiger partial charge in [-0.05, 0) is 36.6 Å². The van der Waals surface area contributed by atoms with Crippen LogP contribution in [0.15, 0.2) is 45.8 Å². The molecule has 2 N–H and O–H groups in total. The predicted octanol–water partition coefficient (Wildman–Crippen LogP) is 1.17. The Hall–Kier alpha value is -3.66. The quantitative estimate of drug-likeness (QED) is 0.422. The number of oxazole rings is 1. The molecule has 30 heavy (non-hydrogen) atoms. The first-order valence-electron chi connectivity index (χ1n) is 9.17. The molecule has 0 bridgehead atoms. The maximum Gasteiger partial charge on any atom is 0.429 e. The van der Waals surface area contributed by atoms with Crippen molar-refractivity contribution < 1.29 is 33.8 Å². The Morgan fingerprint density at radius 2 is 2.13 bits per heavy atom. The number of β-lactam (4-membered cyclic amide) rings is 1. The van der Waals surface area contributed by atoms with Crippen molar-refractivity contribution in [2.45, 2.75) is 25.5 Å². The van der Waals surface area contributed by atoms with Gasteiger partial charge in [-0.25, -0.2) is 14.4 Å². The summed E-state index contributed by atoms with van der Waals surface area (Å²) in [7, 11) is 0. The van der Waals surface area contributed by atoms with Gasteiger partial charge in [0.15, 0.2) is 5.58 Å². The molecule has 10 nitrogen and oxygen atoms in total. The van der Waals surface area contributed by atoms with Crippen LogP contribution in [-0.2, 0) is 14.3 Å². The van der Waals surface area contributed by atoms with E-state index in [1.54, 1.807) is 6.07 Å². The molecular formula is C20H18N2O8. The Bertz CT molecular complexity index is 1190. The first kappa shape index (κ1) is 19.6. The van der Waals surface area contributed by atoms with Gasteiger partial charge in [0.25, 0.3) is 0 Å². The van der Waals surface area contributed by atoms with Crippen LogP contribution in [-0.4, -0.2) is 56.4 Å². The van der Waals surface area contributed by atoms with Crippen molar-refractivity contribution in [2.75, 3.05) is 6.61 Å². The van der Waals surface area contributed by atoms with E-state index in [4.69, 9.17) is 9.15 Å². The highest BCUT2D eigenvalue weighted by Gasteiger charge is 2.57. The third-order valence-electron chi connectivity index (χ3n) is 5.37. The molecule has 0 aliphatic carbocycles. The van der Waals surface area contributed by atoms with Gasteiger partial charge in [-0.2, -0.15) is 4.57 Å². The van der Waals surface area contributed by atoms with E-state index in [2.05, 4.69) is 6.58 Å². The second-order valence-electron chi connectivity index (χ2n) is 7.13. The van der Waals surface area contributed by atoms with E-state index in [0.717, 1.165) is 0 Å². The van der Waals surface area contributed by atoms with Gasteiger partial charge < -0.3 is 24.3 Å². The molecule has 10 heteroatoms. The average molecular weight is 414 g/mol. The van der Waals surface area contributed by atoms with Crippen molar-refractivity contribution in [3.63, 3.8) is 0 Å². The molecular weight excluding hydrogens is 396 g/mol. The summed E-state index contributed by atoms with van der Waals surface area (Å²) in [5.41, 5.74) is 1.11. The van der Waals surface area contributed by atoms with Gasteiger partial charge in [-0.3, -0.25) is 4.79 Å². The van der Waals surface area contributed by atoms with Crippen LogP contribution in [0.25, 0.3) is 16.7 Å². The zero-order valence-electron chi connectivity index (χ0n) is 15.9. The number of aliphatic hydroxyl groups is 1. The van der Waals surface area contributed by atoms with Crippen molar-refractivity contribution in [1.29, 1.82) is 0 Å². The number of nitrogens with zero attached hydrogens (tertiary/aromatic N) is 2. The number of esters is 1. The van der Waals surface area contributed by atoms with Crippen molar-refractivity contribution in [1.82, 2.24) is 9.47 Å². The van der Waals surface area contributed by atoms with Crippen LogP contribution in [0.1, 0.15) is 18.9 Å². The van der Waals surface area contributed by atoms with Crippen LogP contribution in [0.5, 0.6) is 0 Å². The Morgan fingerprint density at radius 3 is 2.77 bits per heavy atom. The average Bonchev–Trinajstić information content (AvgIpc) is 3.19. The maximum atomic E-state index is 12.7. The van der Waals surface area contributed by atoms with E-state index in [-0.39, 0.29) is 35.7 Å². The fourth-order valence-electron chi connectivity index (χ4n) is 4.11. The molecule has 0 saturated carbocycles. The van der Waals surface area contributed by atoms with Gasteiger partial charge in [0.1, 0.15) is 17.8 Å². The highest BCUT2D eigenvalue weighted by atomic mass is 16.5. The second kappa shape index (κ2) is 6.99. The van der Waals surface area contributed by atoms with E-state index in [9.17, 15) is 29.4 Å². The van der Waals surface area contributed by atoms with E-state index in [0.29, 0.717) is 15.7 Å². The van der Waals surface area contributed by atoms with Crippen molar-refractivity contribution >= 4 is 34.6 Å². The number of benzene rings is 1. The number of carboxylic acid groups (broad SMARTS) is 1. The molecule has 156 valence electrons. The summed E-state index contributed by atoms with van der Waals surface area (Å²) in [6, 6.07) is 3.98. The lowest BCUT2D eigenvalue weighted by molar-refractivity contribution is -0.162. The molecule has 3 heterocycles. The van der Waals surface area contributed by atoms with Crippen LogP contribution in [0.3, 0.4) is 0 Å². The third-order valence-corrected chi connectivity index (χ3v) is 5.37. The Kier molecular flexibility index (Phi) is 4.58. The predicted molar refractivity (Wildman–Crippen MR) is 102 cm³/mol. The van der Waals surface area contributed by atoms with Gasteiger partial charge in [-0.1, -0.05) is 18.7 Å². The van der Waals surface area contributed by atoms with Crippen LogP contribution in [0.2, 0.25) is 0 Å². The van der Waals surface area contributed by atoms with E-state index >= 15 is 0 Å². The molecule has 1 aromatic carbocycles. The van der Waals surface area contributed by atoms with Gasteiger partial charge >= 0.3 is 17.8 Å². The normalized spacial score (nSPS) is 21.4. The SMILES string of the molecule is C=CCOC(=O)C1=C(c2ccc3c(c2)oc(=O)n3C(=O)O)C[C@@H]2[C@@H]([C@@H](C)O)C(=O)N12. The highest BCUT2D eigenvalue weighted by Crippen LogP contribution is 2.47. The summed E-state index contributed by atoms with van der Waals surface area (Å²) < 4.78 is 10.6. The molecule has 2 aliphatic rings. The molecule has 1 aromatic heterocycles. The van der Waals surface area contributed by atoms with E-state index in [1.165, 1.54) is 30.0 Å². The maximum absolute atomic E-state index is 12.7. The minimum absolute atomic E-state index is 0.0267. The smallest absolute Gasteiger partial charge is 0.429 e. The van der Waals surface area contributed by atoms with Crippen LogP contribution in [0, 0.1) is 5.92 Å². The standard InChI is InChI=1S/C20H18N2O8/c1-3-6-29-18(25)16-11(8-13-15(9(2)23)17(24)21(13)16)10-4-5-12-14(7-10)30-20(28)22(12)19(26)27/h3-5,7,9,13,15,23H,1,6,8H2,2H3,(H,26,27)/t9-,13-,15-/m1/s1. The monoisotopic (exact) mass is 414 g/mol. The minimum Gasteiger partial charge on any atom is -0.464 e. The topological polar surface area (TPSA) is 139 Å². The number of hydrogen-bond acceptors (Lipinski definition) is 7. The largest absolute Gasteiger partial charge is 0.464 e. The molecule has 0 spiro atoms. The molecule has 1 saturated heterocycles. The fraction of sp³-hybridized carbons (Fsp3) is 0.300. The molecule has 0 radical (unpaired) electrons. The molecule has 1 fully saturated rings. The van der Waals surface area contributed by atoms with E-state index in [1.807, 2.05) is 0 Å². The molecule has 3 atom stereocenters. The Morgan fingerprint density at radius 1 is 1.40 bits per heavy atom.